The lowest BCUT2D eigenvalue weighted by Gasteiger charge is -2.20. The van der Waals surface area contributed by atoms with Crippen LogP contribution in [0.1, 0.15) is 33.4 Å². The van der Waals surface area contributed by atoms with Crippen LogP contribution in [0.2, 0.25) is 0 Å². The molecule has 0 unspecified atom stereocenters. The molecule has 0 aliphatic carbocycles. The Kier molecular flexibility index (Phi) is 4.46. The van der Waals surface area contributed by atoms with Crippen molar-refractivity contribution in [2.24, 2.45) is 0 Å². The highest BCUT2D eigenvalue weighted by Crippen LogP contribution is 2.25. The number of carbonyl (C=O) groups is 1. The zero-order chi connectivity index (χ0) is 15.5. The molecular weight excluding hydrogens is 264 g/mol. The molecule has 1 aromatic carbocycles. The van der Waals surface area contributed by atoms with Gasteiger partial charge in [0.15, 0.2) is 6.61 Å². The third kappa shape index (κ3) is 4.18. The van der Waals surface area contributed by atoms with Crippen LogP contribution in [0.25, 0.3) is 10.9 Å². The Hall–Kier alpha value is -2.10. The number of aromatic nitrogens is 1. The second kappa shape index (κ2) is 6.12. The fraction of sp³-hybridized carbons (Fsp3) is 0.412. The molecule has 2 rings (SSSR count). The minimum atomic E-state index is -0.255. The summed E-state index contributed by atoms with van der Waals surface area (Å²) in [5.41, 5.74) is 1.60. The Morgan fingerprint density at radius 2 is 2.00 bits per heavy atom. The molecule has 0 atom stereocenters. The number of benzene rings is 1. The van der Waals surface area contributed by atoms with Gasteiger partial charge in [-0.3, -0.25) is 9.78 Å². The lowest BCUT2D eigenvalue weighted by molar-refractivity contribution is -0.124. The van der Waals surface area contributed by atoms with Gasteiger partial charge in [0.2, 0.25) is 0 Å². The summed E-state index contributed by atoms with van der Waals surface area (Å²) in [4.78, 5) is 16.4. The number of para-hydroxylation sites is 1. The zero-order valence-electron chi connectivity index (χ0n) is 13.1. The first-order chi connectivity index (χ1) is 9.89. The summed E-state index contributed by atoms with van der Waals surface area (Å²) < 4.78 is 5.72. The van der Waals surface area contributed by atoms with Gasteiger partial charge in [0.25, 0.3) is 5.91 Å². The summed E-state index contributed by atoms with van der Waals surface area (Å²) in [6.45, 7) is 7.90. The van der Waals surface area contributed by atoms with Gasteiger partial charge >= 0.3 is 0 Å². The van der Waals surface area contributed by atoms with Crippen molar-refractivity contribution < 1.29 is 9.53 Å². The number of pyridine rings is 1. The number of aryl methyl sites for hydroxylation is 1. The molecule has 0 saturated heterocycles. The van der Waals surface area contributed by atoms with E-state index >= 15 is 0 Å². The number of nitrogens with zero attached hydrogens (tertiary/aromatic N) is 1. The van der Waals surface area contributed by atoms with Crippen LogP contribution >= 0.6 is 0 Å². The average Bonchev–Trinajstić information content (AvgIpc) is 2.42. The lowest BCUT2D eigenvalue weighted by atomic mass is 10.1. The minimum Gasteiger partial charge on any atom is -0.483 e. The van der Waals surface area contributed by atoms with E-state index in [0.29, 0.717) is 5.75 Å². The van der Waals surface area contributed by atoms with E-state index in [1.165, 1.54) is 0 Å². The maximum Gasteiger partial charge on any atom is 0.258 e. The van der Waals surface area contributed by atoms with Crippen molar-refractivity contribution in [1.29, 1.82) is 0 Å². The van der Waals surface area contributed by atoms with Crippen LogP contribution in [0.15, 0.2) is 30.3 Å². The topological polar surface area (TPSA) is 51.2 Å². The second-order valence-corrected chi connectivity index (χ2v) is 6.07. The number of ether oxygens (including phenoxy) is 1. The van der Waals surface area contributed by atoms with Gasteiger partial charge in [0.1, 0.15) is 5.75 Å². The fourth-order valence-corrected chi connectivity index (χ4v) is 2.09. The van der Waals surface area contributed by atoms with Crippen LogP contribution < -0.4 is 10.1 Å². The first kappa shape index (κ1) is 15.3. The number of fused-ring (bicyclic) bond motifs is 1. The fourth-order valence-electron chi connectivity index (χ4n) is 2.09. The van der Waals surface area contributed by atoms with Crippen molar-refractivity contribution in [1.82, 2.24) is 10.3 Å². The Morgan fingerprint density at radius 1 is 1.29 bits per heavy atom. The molecule has 0 bridgehead atoms. The number of rotatable bonds is 4. The van der Waals surface area contributed by atoms with Gasteiger partial charge < -0.3 is 10.1 Å². The maximum atomic E-state index is 11.9. The molecule has 0 fully saturated rings. The molecule has 4 nitrogen and oxygen atoms in total. The summed E-state index contributed by atoms with van der Waals surface area (Å²) in [7, 11) is 0. The quantitative estimate of drug-likeness (QED) is 0.939. The second-order valence-electron chi connectivity index (χ2n) is 6.07. The molecular formula is C17H22N2O2. The molecule has 1 heterocycles. The number of nitrogens with one attached hydrogen (secondary N) is 1. The van der Waals surface area contributed by atoms with Crippen molar-refractivity contribution in [3.05, 3.63) is 36.0 Å². The van der Waals surface area contributed by atoms with Crippen molar-refractivity contribution in [2.75, 3.05) is 6.61 Å². The summed E-state index contributed by atoms with van der Waals surface area (Å²) >= 11 is 0. The number of hydrogen-bond donors (Lipinski definition) is 1. The summed E-state index contributed by atoms with van der Waals surface area (Å²) in [6.07, 6.45) is 0.829. The van der Waals surface area contributed by atoms with Crippen LogP contribution in [0.3, 0.4) is 0 Å². The molecule has 4 heteroatoms. The first-order valence-electron chi connectivity index (χ1n) is 7.21. The molecule has 21 heavy (non-hydrogen) atoms. The highest BCUT2D eigenvalue weighted by molar-refractivity contribution is 5.86. The Balaban J connectivity index is 2.19. The Labute approximate surface area is 125 Å². The molecule has 0 spiro atoms. The highest BCUT2D eigenvalue weighted by Gasteiger charge is 2.14. The van der Waals surface area contributed by atoms with Crippen molar-refractivity contribution in [3.8, 4) is 5.75 Å². The standard InChI is InChI=1S/C17H22N2O2/c1-5-12-10-15(13-8-6-7-9-14(13)18-12)21-11-16(20)19-17(2,3)4/h6-10H,5,11H2,1-4H3,(H,19,20). The van der Waals surface area contributed by atoms with E-state index < -0.39 is 0 Å². The van der Waals surface area contributed by atoms with Crippen molar-refractivity contribution >= 4 is 16.8 Å². The molecule has 1 aromatic heterocycles. The van der Waals surface area contributed by atoms with E-state index in [9.17, 15) is 4.79 Å². The summed E-state index contributed by atoms with van der Waals surface area (Å²) in [5.74, 6) is 0.586. The van der Waals surface area contributed by atoms with E-state index in [1.54, 1.807) is 0 Å². The largest absolute Gasteiger partial charge is 0.483 e. The van der Waals surface area contributed by atoms with Gasteiger partial charge in [-0.25, -0.2) is 0 Å². The number of hydrogen-bond acceptors (Lipinski definition) is 3. The number of carbonyl (C=O) groups excluding carboxylic acids is 1. The van der Waals surface area contributed by atoms with E-state index in [-0.39, 0.29) is 18.1 Å². The normalized spacial score (nSPS) is 11.4. The van der Waals surface area contributed by atoms with Crippen molar-refractivity contribution in [2.45, 2.75) is 39.7 Å². The zero-order valence-corrected chi connectivity index (χ0v) is 13.1. The van der Waals surface area contributed by atoms with Gasteiger partial charge in [-0.05, 0) is 39.3 Å². The third-order valence-electron chi connectivity index (χ3n) is 2.97. The first-order valence-corrected chi connectivity index (χ1v) is 7.21. The van der Waals surface area contributed by atoms with E-state index in [0.717, 1.165) is 23.0 Å². The summed E-state index contributed by atoms with van der Waals surface area (Å²) in [6, 6.07) is 9.71. The van der Waals surface area contributed by atoms with Crippen LogP contribution in [0.4, 0.5) is 0 Å². The van der Waals surface area contributed by atoms with Gasteiger partial charge in [0.05, 0.1) is 5.52 Å². The molecule has 1 amide bonds. The third-order valence-corrected chi connectivity index (χ3v) is 2.97. The molecule has 0 aliphatic rings. The molecule has 0 radical (unpaired) electrons. The smallest absolute Gasteiger partial charge is 0.258 e. The molecule has 112 valence electrons. The van der Waals surface area contributed by atoms with Crippen LogP contribution in [0, 0.1) is 0 Å². The van der Waals surface area contributed by atoms with Gasteiger partial charge in [0, 0.05) is 22.7 Å². The monoisotopic (exact) mass is 286 g/mol. The summed E-state index contributed by atoms with van der Waals surface area (Å²) in [5, 5.41) is 3.82. The predicted octanol–water partition coefficient (Wildman–Crippen LogP) is 3.09. The lowest BCUT2D eigenvalue weighted by Crippen LogP contribution is -2.43. The van der Waals surface area contributed by atoms with E-state index in [4.69, 9.17) is 4.74 Å². The van der Waals surface area contributed by atoms with Gasteiger partial charge in [-0.1, -0.05) is 19.1 Å². The molecule has 1 N–H and O–H groups in total. The minimum absolute atomic E-state index is 0.00836. The predicted molar refractivity (Wildman–Crippen MR) is 84.5 cm³/mol. The van der Waals surface area contributed by atoms with Crippen LogP contribution in [-0.4, -0.2) is 23.0 Å². The highest BCUT2D eigenvalue weighted by atomic mass is 16.5. The molecule has 0 aliphatic heterocycles. The molecule has 0 saturated carbocycles. The molecule has 2 aromatic rings. The Morgan fingerprint density at radius 3 is 2.67 bits per heavy atom. The number of amides is 1. The van der Waals surface area contributed by atoms with Crippen LogP contribution in [0.5, 0.6) is 5.75 Å². The average molecular weight is 286 g/mol. The Bertz CT molecular complexity index is 645. The van der Waals surface area contributed by atoms with Gasteiger partial charge in [-0.2, -0.15) is 0 Å². The van der Waals surface area contributed by atoms with Gasteiger partial charge in [-0.15, -0.1) is 0 Å². The van der Waals surface area contributed by atoms with E-state index in [1.807, 2.05) is 58.0 Å². The SMILES string of the molecule is CCc1cc(OCC(=O)NC(C)(C)C)c2ccccc2n1. The van der Waals surface area contributed by atoms with E-state index in [2.05, 4.69) is 10.3 Å². The van der Waals surface area contributed by atoms with Crippen molar-refractivity contribution in [3.63, 3.8) is 0 Å². The maximum absolute atomic E-state index is 11.9. The van der Waals surface area contributed by atoms with Crippen LogP contribution in [-0.2, 0) is 11.2 Å².